The first-order valence-electron chi connectivity index (χ1n) is 12.9. The largest absolute Gasteiger partial charge is 0.448 e. The van der Waals surface area contributed by atoms with E-state index in [0.717, 1.165) is 16.0 Å². The van der Waals surface area contributed by atoms with Crippen molar-refractivity contribution in [2.45, 2.75) is 40.3 Å². The van der Waals surface area contributed by atoms with E-state index in [1.54, 1.807) is 39.0 Å². The highest BCUT2D eigenvalue weighted by atomic mass is 35.5. The lowest BCUT2D eigenvalue weighted by molar-refractivity contribution is 0.0612. The summed E-state index contributed by atoms with van der Waals surface area (Å²) in [5.74, 6) is 0.255. The summed E-state index contributed by atoms with van der Waals surface area (Å²) in [5, 5.41) is 3.23. The van der Waals surface area contributed by atoms with E-state index in [9.17, 15) is 9.59 Å². The fourth-order valence-electron chi connectivity index (χ4n) is 4.99. The molecule has 0 aliphatic heterocycles. The van der Waals surface area contributed by atoms with Gasteiger partial charge in [-0.15, -0.1) is 11.3 Å². The van der Waals surface area contributed by atoms with E-state index in [0.29, 0.717) is 46.0 Å². The molecule has 2 aromatic carbocycles. The van der Waals surface area contributed by atoms with E-state index in [4.69, 9.17) is 26.7 Å². The molecule has 0 radical (unpaired) electrons. The Morgan fingerprint density at radius 1 is 1.13 bits per heavy atom. The van der Waals surface area contributed by atoms with Gasteiger partial charge in [0.25, 0.3) is 11.5 Å². The first-order chi connectivity index (χ1) is 18.7. The third kappa shape index (κ3) is 5.24. The Labute approximate surface area is 235 Å². The van der Waals surface area contributed by atoms with Crippen LogP contribution in [0.5, 0.6) is 0 Å². The van der Waals surface area contributed by atoms with Crippen LogP contribution in [0.3, 0.4) is 0 Å². The summed E-state index contributed by atoms with van der Waals surface area (Å²) in [6.07, 6.45) is 0. The molecule has 5 aromatic rings. The number of carbonyl (C=O) groups excluding carboxylic acids is 1. The molecular formula is C30H31ClN4O3S. The number of halogens is 1. The summed E-state index contributed by atoms with van der Waals surface area (Å²) >= 11 is 7.88. The highest BCUT2D eigenvalue weighted by Crippen LogP contribution is 2.33. The minimum Gasteiger partial charge on any atom is -0.448 e. The van der Waals surface area contributed by atoms with Crippen LogP contribution in [0.2, 0.25) is 5.02 Å². The summed E-state index contributed by atoms with van der Waals surface area (Å²) in [4.78, 5) is 35.8. The SMILES string of the molecule is Cc1ccc(C(=O)N(CCN)C(c2nc3c(oc4ccc(Cl)cc43)c(=O)n2Cc2cc(C)cs2)C(C)C)cc1. The van der Waals surface area contributed by atoms with Crippen LogP contribution in [0.25, 0.3) is 22.1 Å². The molecule has 0 fully saturated rings. The first-order valence-corrected chi connectivity index (χ1v) is 14.2. The average molecular weight is 563 g/mol. The second-order valence-electron chi connectivity index (χ2n) is 10.2. The van der Waals surface area contributed by atoms with Crippen molar-refractivity contribution in [3.05, 3.63) is 96.7 Å². The molecule has 0 saturated heterocycles. The molecule has 1 unspecified atom stereocenters. The van der Waals surface area contributed by atoms with Gasteiger partial charge in [0.05, 0.1) is 12.6 Å². The Bertz CT molecular complexity index is 1720. The second kappa shape index (κ2) is 11.0. The fourth-order valence-corrected chi connectivity index (χ4v) is 6.02. The number of aromatic nitrogens is 2. The molecule has 0 saturated carbocycles. The van der Waals surface area contributed by atoms with Gasteiger partial charge in [-0.1, -0.05) is 43.1 Å². The number of nitrogens with zero attached hydrogens (tertiary/aromatic N) is 3. The quantitative estimate of drug-likeness (QED) is 0.239. The molecule has 39 heavy (non-hydrogen) atoms. The molecule has 2 N–H and O–H groups in total. The number of hydrogen-bond acceptors (Lipinski definition) is 6. The van der Waals surface area contributed by atoms with E-state index in [2.05, 4.69) is 11.4 Å². The summed E-state index contributed by atoms with van der Waals surface area (Å²) in [6, 6.07) is 14.2. The number of furan rings is 1. The highest BCUT2D eigenvalue weighted by Gasteiger charge is 2.33. The number of rotatable bonds is 8. The molecule has 0 aliphatic carbocycles. The minimum atomic E-state index is -0.523. The van der Waals surface area contributed by atoms with Gasteiger partial charge in [0, 0.05) is 33.9 Å². The van der Waals surface area contributed by atoms with Crippen LogP contribution in [-0.4, -0.2) is 33.4 Å². The van der Waals surface area contributed by atoms with E-state index < -0.39 is 6.04 Å². The fraction of sp³-hybridized carbons (Fsp3) is 0.300. The maximum Gasteiger partial charge on any atom is 0.297 e. The minimum absolute atomic E-state index is 0.0756. The van der Waals surface area contributed by atoms with Gasteiger partial charge in [-0.05, 0) is 67.1 Å². The number of fused-ring (bicyclic) bond motifs is 3. The standard InChI is InChI=1S/C30H31ClN4O3S/c1-17(2)26(34(12-11-32)29(36)20-7-5-18(3)6-8-20)28-33-25-23-14-21(31)9-10-24(23)38-27(25)30(37)35(28)15-22-13-19(4)16-39-22/h5-10,13-14,16-17,26H,11-12,15,32H2,1-4H3. The third-order valence-corrected chi connectivity index (χ3v) is 8.10. The van der Waals surface area contributed by atoms with Gasteiger partial charge >= 0.3 is 0 Å². The molecule has 0 aliphatic rings. The van der Waals surface area contributed by atoms with Crippen molar-refractivity contribution in [1.29, 1.82) is 0 Å². The summed E-state index contributed by atoms with van der Waals surface area (Å²) in [6.45, 7) is 8.93. The van der Waals surface area contributed by atoms with Crippen molar-refractivity contribution in [1.82, 2.24) is 14.5 Å². The van der Waals surface area contributed by atoms with Gasteiger partial charge < -0.3 is 15.1 Å². The molecule has 7 nitrogen and oxygen atoms in total. The molecule has 3 heterocycles. The summed E-state index contributed by atoms with van der Waals surface area (Å²) in [7, 11) is 0. The molecular weight excluding hydrogens is 532 g/mol. The predicted octanol–water partition coefficient (Wildman–Crippen LogP) is 6.32. The molecule has 0 spiro atoms. The Balaban J connectivity index is 1.76. The van der Waals surface area contributed by atoms with Gasteiger partial charge in [-0.25, -0.2) is 4.98 Å². The van der Waals surface area contributed by atoms with E-state index in [1.807, 2.05) is 52.0 Å². The molecule has 9 heteroatoms. The van der Waals surface area contributed by atoms with Crippen molar-refractivity contribution in [3.8, 4) is 0 Å². The van der Waals surface area contributed by atoms with Crippen molar-refractivity contribution in [3.63, 3.8) is 0 Å². The van der Waals surface area contributed by atoms with Gasteiger partial charge in [-0.3, -0.25) is 14.2 Å². The molecule has 1 atom stereocenters. The number of thiophene rings is 1. The second-order valence-corrected chi connectivity index (χ2v) is 11.6. The van der Waals surface area contributed by atoms with Gasteiger partial charge in [-0.2, -0.15) is 0 Å². The zero-order valence-corrected chi connectivity index (χ0v) is 24.0. The Kier molecular flexibility index (Phi) is 7.62. The monoisotopic (exact) mass is 562 g/mol. The highest BCUT2D eigenvalue weighted by molar-refractivity contribution is 7.10. The molecule has 5 rings (SSSR count). The van der Waals surface area contributed by atoms with E-state index in [1.165, 1.54) is 0 Å². The summed E-state index contributed by atoms with van der Waals surface area (Å²) in [5.41, 5.74) is 9.62. The number of aryl methyl sites for hydroxylation is 2. The first kappa shape index (κ1) is 27.1. The van der Waals surface area contributed by atoms with Gasteiger partial charge in [0.2, 0.25) is 5.58 Å². The lowest BCUT2D eigenvalue weighted by atomic mass is 9.99. The third-order valence-electron chi connectivity index (χ3n) is 6.83. The van der Waals surface area contributed by atoms with Crippen molar-refractivity contribution in [2.75, 3.05) is 13.1 Å². The lowest BCUT2D eigenvalue weighted by Gasteiger charge is -2.35. The van der Waals surface area contributed by atoms with E-state index in [-0.39, 0.29) is 29.5 Å². The number of nitrogens with two attached hydrogens (primary N) is 1. The lowest BCUT2D eigenvalue weighted by Crippen LogP contribution is -2.43. The van der Waals surface area contributed by atoms with Gasteiger partial charge in [0.15, 0.2) is 0 Å². The number of hydrogen-bond donors (Lipinski definition) is 1. The Morgan fingerprint density at radius 3 is 2.51 bits per heavy atom. The molecule has 3 aromatic heterocycles. The predicted molar refractivity (Wildman–Crippen MR) is 158 cm³/mol. The van der Waals surface area contributed by atoms with Crippen molar-refractivity contribution >= 4 is 50.9 Å². The van der Waals surface area contributed by atoms with E-state index >= 15 is 0 Å². The Hall–Kier alpha value is -3.46. The van der Waals surface area contributed by atoms with Crippen LogP contribution in [0.4, 0.5) is 0 Å². The van der Waals surface area contributed by atoms with Crippen molar-refractivity contribution < 1.29 is 9.21 Å². The normalized spacial score (nSPS) is 12.5. The van der Waals surface area contributed by atoms with Gasteiger partial charge in [0.1, 0.15) is 16.9 Å². The maximum atomic E-state index is 14.1. The zero-order valence-electron chi connectivity index (χ0n) is 22.4. The van der Waals surface area contributed by atoms with Crippen LogP contribution in [-0.2, 0) is 6.54 Å². The molecule has 1 amide bonds. The average Bonchev–Trinajstić information content (AvgIpc) is 3.48. The summed E-state index contributed by atoms with van der Waals surface area (Å²) < 4.78 is 7.65. The van der Waals surface area contributed by atoms with Crippen LogP contribution < -0.4 is 11.3 Å². The van der Waals surface area contributed by atoms with Crippen molar-refractivity contribution in [2.24, 2.45) is 11.7 Å². The number of benzene rings is 2. The smallest absolute Gasteiger partial charge is 0.297 e. The molecule has 202 valence electrons. The van der Waals surface area contributed by atoms with Crippen LogP contribution in [0.15, 0.2) is 63.1 Å². The zero-order chi connectivity index (χ0) is 27.8. The topological polar surface area (TPSA) is 94.4 Å². The molecule has 0 bridgehead atoms. The van der Waals surface area contributed by atoms with Crippen LogP contribution >= 0.6 is 22.9 Å². The van der Waals surface area contributed by atoms with Crippen LogP contribution in [0, 0.1) is 19.8 Å². The number of carbonyl (C=O) groups is 1. The van der Waals surface area contributed by atoms with Crippen LogP contribution in [0.1, 0.15) is 52.1 Å². The number of amides is 1. The Morgan fingerprint density at radius 2 is 1.87 bits per heavy atom. The maximum absolute atomic E-state index is 14.1.